The predicted molar refractivity (Wildman–Crippen MR) is 133 cm³/mol. The Balaban J connectivity index is 1.63. The number of hydrogen-bond acceptors (Lipinski definition) is 9. The summed E-state index contributed by atoms with van der Waals surface area (Å²) in [7, 11) is 3.15. The van der Waals surface area contributed by atoms with Gasteiger partial charge in [0.25, 0.3) is 0 Å². The Hall–Kier alpha value is -3.05. The van der Waals surface area contributed by atoms with Crippen LogP contribution in [0.5, 0.6) is 11.5 Å². The number of carbonyl (C=O) groups is 1. The van der Waals surface area contributed by atoms with E-state index in [-0.39, 0.29) is 12.3 Å². The number of nitrogens with one attached hydrogen (secondary N) is 2. The van der Waals surface area contributed by atoms with Crippen LogP contribution < -0.4 is 20.1 Å². The van der Waals surface area contributed by atoms with Crippen molar-refractivity contribution in [3.05, 3.63) is 30.0 Å². The summed E-state index contributed by atoms with van der Waals surface area (Å²) >= 11 is 1.57. The number of rotatable bonds is 14. The fourth-order valence-corrected chi connectivity index (χ4v) is 3.92. The minimum Gasteiger partial charge on any atom is -0.493 e. The molecule has 3 aromatic rings. The number of thioether (sulfide) groups is 1. The van der Waals surface area contributed by atoms with Crippen molar-refractivity contribution in [3.63, 3.8) is 0 Å². The zero-order valence-electron chi connectivity index (χ0n) is 20.1. The number of amides is 1. The van der Waals surface area contributed by atoms with Gasteiger partial charge in [-0.1, -0.05) is 24.8 Å². The molecular weight excluding hydrogens is 456 g/mol. The Kier molecular flexibility index (Phi) is 9.77. The molecule has 0 spiro atoms. The number of ether oxygens (including phenoxy) is 3. The van der Waals surface area contributed by atoms with Gasteiger partial charge in [-0.25, -0.2) is 14.6 Å². The third kappa shape index (κ3) is 6.73. The smallest absolute Gasteiger partial charge is 0.224 e. The first-order chi connectivity index (χ1) is 16.6. The molecule has 11 heteroatoms. The molecule has 0 atom stereocenters. The molecule has 2 aromatic heterocycles. The summed E-state index contributed by atoms with van der Waals surface area (Å²) in [6, 6.07) is 5.46. The first-order valence-corrected chi connectivity index (χ1v) is 12.2. The molecule has 1 aromatic carbocycles. The molecule has 0 saturated carbocycles. The van der Waals surface area contributed by atoms with Gasteiger partial charge in [0.15, 0.2) is 22.3 Å². The van der Waals surface area contributed by atoms with Gasteiger partial charge in [0.2, 0.25) is 5.91 Å². The first kappa shape index (κ1) is 25.6. The normalized spacial score (nSPS) is 10.9. The van der Waals surface area contributed by atoms with Crippen molar-refractivity contribution < 1.29 is 19.0 Å². The van der Waals surface area contributed by atoms with Gasteiger partial charge in [-0.15, -0.1) is 0 Å². The van der Waals surface area contributed by atoms with Gasteiger partial charge in [0.05, 0.1) is 45.4 Å². The molecule has 0 radical (unpaired) electrons. The maximum atomic E-state index is 12.5. The zero-order chi connectivity index (χ0) is 24.3. The lowest BCUT2D eigenvalue weighted by molar-refractivity contribution is -0.120. The minimum absolute atomic E-state index is 0.0844. The second kappa shape index (κ2) is 13.0. The first-order valence-electron chi connectivity index (χ1n) is 11.2. The molecule has 0 unspecified atom stereocenters. The third-order valence-corrected chi connectivity index (χ3v) is 5.68. The molecular formula is C23H32N6O4S. The van der Waals surface area contributed by atoms with E-state index in [0.29, 0.717) is 49.5 Å². The number of anilines is 1. The largest absolute Gasteiger partial charge is 0.493 e. The molecule has 2 heterocycles. The summed E-state index contributed by atoms with van der Waals surface area (Å²) in [5.41, 5.74) is 1.58. The van der Waals surface area contributed by atoms with Crippen LogP contribution in [0.1, 0.15) is 19.4 Å². The number of nitrogens with zero attached hydrogens (tertiary/aromatic N) is 4. The number of fused-ring (bicyclic) bond motifs is 1. The predicted octanol–water partition coefficient (Wildman–Crippen LogP) is 2.76. The summed E-state index contributed by atoms with van der Waals surface area (Å²) in [5, 5.41) is 12.3. The average Bonchev–Trinajstić information content (AvgIpc) is 3.25. The highest BCUT2D eigenvalue weighted by molar-refractivity contribution is 7.99. The van der Waals surface area contributed by atoms with Gasteiger partial charge < -0.3 is 24.8 Å². The Morgan fingerprint density at radius 3 is 2.68 bits per heavy atom. The molecule has 0 bridgehead atoms. The van der Waals surface area contributed by atoms with Crippen LogP contribution in [0.2, 0.25) is 0 Å². The molecule has 34 heavy (non-hydrogen) atoms. The molecule has 0 saturated heterocycles. The SMILES string of the molecule is CCOCCNc1nc(SCC)nc2c1cnn2CCNC(=O)Cc1ccc(OC)c(OC)c1. The fourth-order valence-electron chi connectivity index (χ4n) is 3.35. The molecule has 0 aliphatic carbocycles. The van der Waals surface area contributed by atoms with Crippen molar-refractivity contribution in [3.8, 4) is 11.5 Å². The van der Waals surface area contributed by atoms with Crippen molar-refractivity contribution in [1.82, 2.24) is 25.1 Å². The van der Waals surface area contributed by atoms with Crippen molar-refractivity contribution >= 4 is 34.5 Å². The van der Waals surface area contributed by atoms with Crippen LogP contribution in [0.4, 0.5) is 5.82 Å². The average molecular weight is 489 g/mol. The van der Waals surface area contributed by atoms with Crippen LogP contribution >= 0.6 is 11.8 Å². The second-order valence-corrected chi connectivity index (χ2v) is 8.46. The summed E-state index contributed by atoms with van der Waals surface area (Å²) in [5.74, 6) is 2.75. The Labute approximate surface area is 203 Å². The summed E-state index contributed by atoms with van der Waals surface area (Å²) in [4.78, 5) is 21.8. The summed E-state index contributed by atoms with van der Waals surface area (Å²) < 4.78 is 17.8. The lowest BCUT2D eigenvalue weighted by Gasteiger charge is -2.11. The summed E-state index contributed by atoms with van der Waals surface area (Å²) in [6.07, 6.45) is 2.00. The highest BCUT2D eigenvalue weighted by Crippen LogP contribution is 2.27. The monoisotopic (exact) mass is 488 g/mol. The van der Waals surface area contributed by atoms with Gasteiger partial charge in [-0.05, 0) is 30.4 Å². The van der Waals surface area contributed by atoms with E-state index in [1.165, 1.54) is 0 Å². The van der Waals surface area contributed by atoms with Gasteiger partial charge >= 0.3 is 0 Å². The van der Waals surface area contributed by atoms with E-state index in [4.69, 9.17) is 14.2 Å². The topological polar surface area (TPSA) is 112 Å². The van der Waals surface area contributed by atoms with Crippen LogP contribution in [-0.4, -0.2) is 71.9 Å². The lowest BCUT2D eigenvalue weighted by atomic mass is 10.1. The van der Waals surface area contributed by atoms with Crippen LogP contribution in [-0.2, 0) is 22.5 Å². The highest BCUT2D eigenvalue weighted by Gasteiger charge is 2.14. The minimum atomic E-state index is -0.0844. The number of aromatic nitrogens is 4. The Bertz CT molecular complexity index is 1090. The van der Waals surface area contributed by atoms with E-state index in [1.807, 2.05) is 19.1 Å². The van der Waals surface area contributed by atoms with Crippen molar-refractivity contribution in [2.75, 3.05) is 51.6 Å². The molecule has 0 aliphatic heterocycles. The molecule has 3 rings (SSSR count). The van der Waals surface area contributed by atoms with Crippen molar-refractivity contribution in [2.45, 2.75) is 32.0 Å². The Morgan fingerprint density at radius 1 is 1.12 bits per heavy atom. The molecule has 1 amide bonds. The molecule has 0 fully saturated rings. The standard InChI is InChI=1S/C23H32N6O4S/c1-5-33-12-10-25-21-17-15-26-29(22(17)28-23(27-21)34-6-2)11-9-24-20(30)14-16-7-8-18(31-3)19(13-16)32-4/h7-8,13,15H,5-6,9-12,14H2,1-4H3,(H,24,30)(H,25,27,28). The maximum absolute atomic E-state index is 12.5. The quantitative estimate of drug-likeness (QED) is 0.201. The zero-order valence-corrected chi connectivity index (χ0v) is 20.9. The Morgan fingerprint density at radius 2 is 1.94 bits per heavy atom. The van der Waals surface area contributed by atoms with Crippen LogP contribution in [0, 0.1) is 0 Å². The van der Waals surface area contributed by atoms with Crippen LogP contribution in [0.15, 0.2) is 29.6 Å². The van der Waals surface area contributed by atoms with Gasteiger partial charge in [0, 0.05) is 19.7 Å². The fraction of sp³-hybridized carbons (Fsp3) is 0.478. The maximum Gasteiger partial charge on any atom is 0.224 e. The van der Waals surface area contributed by atoms with Crippen molar-refractivity contribution in [2.24, 2.45) is 0 Å². The lowest BCUT2D eigenvalue weighted by Crippen LogP contribution is -2.29. The third-order valence-electron chi connectivity index (χ3n) is 4.95. The van der Waals surface area contributed by atoms with E-state index in [9.17, 15) is 4.79 Å². The number of benzene rings is 1. The molecule has 10 nitrogen and oxygen atoms in total. The highest BCUT2D eigenvalue weighted by atomic mass is 32.2. The van der Waals surface area contributed by atoms with Crippen LogP contribution in [0.25, 0.3) is 11.0 Å². The van der Waals surface area contributed by atoms with E-state index in [2.05, 4.69) is 32.6 Å². The second-order valence-electron chi connectivity index (χ2n) is 7.23. The van der Waals surface area contributed by atoms with Crippen molar-refractivity contribution in [1.29, 1.82) is 0 Å². The number of carbonyl (C=O) groups excluding carboxylic acids is 1. The molecule has 2 N–H and O–H groups in total. The molecule has 184 valence electrons. The van der Waals surface area contributed by atoms with E-state index < -0.39 is 0 Å². The summed E-state index contributed by atoms with van der Waals surface area (Å²) in [6.45, 7) is 6.86. The van der Waals surface area contributed by atoms with E-state index in [0.717, 1.165) is 28.2 Å². The van der Waals surface area contributed by atoms with Gasteiger partial charge in [0.1, 0.15) is 5.82 Å². The van der Waals surface area contributed by atoms with Crippen LogP contribution in [0.3, 0.4) is 0 Å². The van der Waals surface area contributed by atoms with Gasteiger partial charge in [-0.3, -0.25) is 4.79 Å². The van der Waals surface area contributed by atoms with E-state index in [1.54, 1.807) is 42.9 Å². The molecule has 0 aliphatic rings. The number of methoxy groups -OCH3 is 2. The van der Waals surface area contributed by atoms with Gasteiger partial charge in [-0.2, -0.15) is 5.10 Å². The number of hydrogen-bond donors (Lipinski definition) is 2. The van der Waals surface area contributed by atoms with E-state index >= 15 is 0 Å².